The van der Waals surface area contributed by atoms with Gasteiger partial charge in [-0.05, 0) is 37.3 Å². The molecule has 0 aliphatic rings. The Bertz CT molecular complexity index is 788. The molecular weight excluding hydrogens is 292 g/mol. The third-order valence-corrected chi connectivity index (χ3v) is 3.39. The Kier molecular flexibility index (Phi) is 4.68. The molecule has 1 N–H and O–H groups in total. The summed E-state index contributed by atoms with van der Waals surface area (Å²) < 4.78 is 11.0. The van der Waals surface area contributed by atoms with Gasteiger partial charge in [0.05, 0.1) is 12.1 Å². The third kappa shape index (κ3) is 3.76. The maximum absolute atomic E-state index is 8.73. The predicted octanol–water partition coefficient (Wildman–Crippen LogP) is 2.89. The molecule has 0 spiro atoms. The maximum Gasteiger partial charge on any atom is 0.166 e. The molecule has 0 atom stereocenters. The molecule has 0 unspecified atom stereocenters. The van der Waals surface area contributed by atoms with E-state index in [4.69, 9.17) is 14.6 Å². The van der Waals surface area contributed by atoms with Gasteiger partial charge in [-0.3, -0.25) is 0 Å². The van der Waals surface area contributed by atoms with Gasteiger partial charge in [-0.1, -0.05) is 18.2 Å². The molecule has 0 aliphatic heterocycles. The Balaban J connectivity index is 1.68. The molecule has 3 aromatic rings. The minimum absolute atomic E-state index is 0.00307. The summed E-state index contributed by atoms with van der Waals surface area (Å²) in [7, 11) is 0. The quantitative estimate of drug-likeness (QED) is 0.758. The zero-order valence-corrected chi connectivity index (χ0v) is 12.9. The molecular formula is C18H18N2O3. The van der Waals surface area contributed by atoms with E-state index in [1.54, 1.807) is 12.1 Å². The lowest BCUT2D eigenvalue weighted by Gasteiger charge is -2.09. The number of nitrogens with zero attached hydrogens (tertiary/aromatic N) is 2. The van der Waals surface area contributed by atoms with Crippen LogP contribution < -0.4 is 9.47 Å². The van der Waals surface area contributed by atoms with Crippen LogP contribution in [0.15, 0.2) is 48.5 Å². The Labute approximate surface area is 134 Å². The zero-order chi connectivity index (χ0) is 16.1. The largest absolute Gasteiger partial charge is 0.491 e. The second-order valence-electron chi connectivity index (χ2n) is 5.07. The smallest absolute Gasteiger partial charge is 0.166 e. The molecule has 0 saturated heterocycles. The zero-order valence-electron chi connectivity index (χ0n) is 12.9. The third-order valence-electron chi connectivity index (χ3n) is 3.39. The van der Waals surface area contributed by atoms with E-state index in [0.29, 0.717) is 18.2 Å². The number of aryl methyl sites for hydroxylation is 1. The van der Waals surface area contributed by atoms with Crippen LogP contribution in [0, 0.1) is 6.92 Å². The summed E-state index contributed by atoms with van der Waals surface area (Å²) in [5.74, 6) is 2.07. The Morgan fingerprint density at radius 2 is 1.61 bits per heavy atom. The highest BCUT2D eigenvalue weighted by molar-refractivity contribution is 5.80. The summed E-state index contributed by atoms with van der Waals surface area (Å²) in [6, 6.07) is 15.2. The number of benzene rings is 2. The van der Waals surface area contributed by atoms with Gasteiger partial charge in [0, 0.05) is 11.1 Å². The molecule has 0 fully saturated rings. The number of ether oxygens (including phenoxy) is 2. The van der Waals surface area contributed by atoms with Crippen molar-refractivity contribution in [1.29, 1.82) is 0 Å². The minimum atomic E-state index is -0.00307. The summed E-state index contributed by atoms with van der Waals surface area (Å²) in [5, 5.41) is 9.78. The van der Waals surface area contributed by atoms with Crippen LogP contribution in [0.4, 0.5) is 0 Å². The van der Waals surface area contributed by atoms with Crippen molar-refractivity contribution in [2.24, 2.45) is 0 Å². The SMILES string of the molecule is Cc1nc(COc2ccc(OCCO)cc2)nc2ccccc12. The Morgan fingerprint density at radius 1 is 0.913 bits per heavy atom. The molecule has 0 saturated carbocycles. The lowest BCUT2D eigenvalue weighted by molar-refractivity contribution is 0.201. The van der Waals surface area contributed by atoms with E-state index in [1.807, 2.05) is 43.3 Å². The van der Waals surface area contributed by atoms with Crippen LogP contribution in [0.25, 0.3) is 10.9 Å². The lowest BCUT2D eigenvalue weighted by atomic mass is 10.2. The average Bonchev–Trinajstić information content (AvgIpc) is 2.59. The minimum Gasteiger partial charge on any atom is -0.491 e. The Hall–Kier alpha value is -2.66. The van der Waals surface area contributed by atoms with Crippen molar-refractivity contribution in [1.82, 2.24) is 9.97 Å². The van der Waals surface area contributed by atoms with Crippen molar-refractivity contribution in [2.45, 2.75) is 13.5 Å². The fraction of sp³-hybridized carbons (Fsp3) is 0.222. The first kappa shape index (κ1) is 15.2. The van der Waals surface area contributed by atoms with Gasteiger partial charge in [-0.15, -0.1) is 0 Å². The van der Waals surface area contributed by atoms with Crippen molar-refractivity contribution < 1.29 is 14.6 Å². The topological polar surface area (TPSA) is 64.5 Å². The van der Waals surface area contributed by atoms with Crippen molar-refractivity contribution in [3.63, 3.8) is 0 Å². The molecule has 5 heteroatoms. The molecule has 1 heterocycles. The maximum atomic E-state index is 8.73. The highest BCUT2D eigenvalue weighted by Gasteiger charge is 2.05. The van der Waals surface area contributed by atoms with E-state index < -0.39 is 0 Å². The van der Waals surface area contributed by atoms with Crippen LogP contribution in [0.1, 0.15) is 11.5 Å². The fourth-order valence-electron chi connectivity index (χ4n) is 2.30. The first-order chi connectivity index (χ1) is 11.3. The van der Waals surface area contributed by atoms with E-state index in [2.05, 4.69) is 9.97 Å². The first-order valence-corrected chi connectivity index (χ1v) is 7.45. The monoisotopic (exact) mass is 310 g/mol. The van der Waals surface area contributed by atoms with E-state index in [-0.39, 0.29) is 13.2 Å². The second-order valence-corrected chi connectivity index (χ2v) is 5.07. The van der Waals surface area contributed by atoms with Gasteiger partial charge < -0.3 is 14.6 Å². The normalized spacial score (nSPS) is 10.7. The molecule has 0 bridgehead atoms. The number of hydrogen-bond donors (Lipinski definition) is 1. The summed E-state index contributed by atoms with van der Waals surface area (Å²) in [4.78, 5) is 9.01. The van der Waals surface area contributed by atoms with Gasteiger partial charge in [0.25, 0.3) is 0 Å². The molecule has 0 radical (unpaired) electrons. The number of para-hydroxylation sites is 1. The van der Waals surface area contributed by atoms with E-state index in [0.717, 1.165) is 22.3 Å². The van der Waals surface area contributed by atoms with Crippen molar-refractivity contribution in [3.8, 4) is 11.5 Å². The second kappa shape index (κ2) is 7.07. The average molecular weight is 310 g/mol. The standard InChI is InChI=1S/C18H18N2O3/c1-13-16-4-2-3-5-17(16)20-18(19-13)12-23-15-8-6-14(7-9-15)22-11-10-21/h2-9,21H,10-12H2,1H3. The van der Waals surface area contributed by atoms with Crippen LogP contribution in [-0.2, 0) is 6.61 Å². The summed E-state index contributed by atoms with van der Waals surface area (Å²) >= 11 is 0. The van der Waals surface area contributed by atoms with Gasteiger partial charge >= 0.3 is 0 Å². The van der Waals surface area contributed by atoms with Crippen LogP contribution in [0.2, 0.25) is 0 Å². The van der Waals surface area contributed by atoms with Crippen molar-refractivity contribution in [3.05, 3.63) is 60.0 Å². The number of aliphatic hydroxyl groups excluding tert-OH is 1. The predicted molar refractivity (Wildman–Crippen MR) is 87.6 cm³/mol. The summed E-state index contributed by atoms with van der Waals surface area (Å²) in [6.45, 7) is 2.56. The van der Waals surface area contributed by atoms with Crippen LogP contribution in [0.5, 0.6) is 11.5 Å². The Morgan fingerprint density at radius 3 is 2.35 bits per heavy atom. The van der Waals surface area contributed by atoms with E-state index >= 15 is 0 Å². The lowest BCUT2D eigenvalue weighted by Crippen LogP contribution is -2.04. The molecule has 5 nitrogen and oxygen atoms in total. The van der Waals surface area contributed by atoms with Crippen LogP contribution in [0.3, 0.4) is 0 Å². The number of rotatable bonds is 6. The molecule has 3 rings (SSSR count). The highest BCUT2D eigenvalue weighted by atomic mass is 16.5. The van der Waals surface area contributed by atoms with Gasteiger partial charge in [0.1, 0.15) is 24.7 Å². The number of hydrogen-bond acceptors (Lipinski definition) is 5. The van der Waals surface area contributed by atoms with Gasteiger partial charge in [0.2, 0.25) is 0 Å². The van der Waals surface area contributed by atoms with Gasteiger partial charge in [0.15, 0.2) is 5.82 Å². The van der Waals surface area contributed by atoms with E-state index in [9.17, 15) is 0 Å². The molecule has 1 aromatic heterocycles. The fourth-order valence-corrected chi connectivity index (χ4v) is 2.30. The first-order valence-electron chi connectivity index (χ1n) is 7.45. The molecule has 0 aliphatic carbocycles. The van der Waals surface area contributed by atoms with Crippen molar-refractivity contribution >= 4 is 10.9 Å². The molecule has 118 valence electrons. The number of aliphatic hydroxyl groups is 1. The van der Waals surface area contributed by atoms with Crippen LogP contribution >= 0.6 is 0 Å². The van der Waals surface area contributed by atoms with Crippen LogP contribution in [-0.4, -0.2) is 28.3 Å². The highest BCUT2D eigenvalue weighted by Crippen LogP contribution is 2.19. The van der Waals surface area contributed by atoms with Gasteiger partial charge in [-0.2, -0.15) is 0 Å². The van der Waals surface area contributed by atoms with E-state index in [1.165, 1.54) is 0 Å². The van der Waals surface area contributed by atoms with Gasteiger partial charge in [-0.25, -0.2) is 9.97 Å². The number of aromatic nitrogens is 2. The summed E-state index contributed by atoms with van der Waals surface area (Å²) in [6.07, 6.45) is 0. The molecule has 2 aromatic carbocycles. The van der Waals surface area contributed by atoms with Crippen molar-refractivity contribution in [2.75, 3.05) is 13.2 Å². The molecule has 23 heavy (non-hydrogen) atoms. The molecule has 0 amide bonds. The summed E-state index contributed by atoms with van der Waals surface area (Å²) in [5.41, 5.74) is 1.87. The number of fused-ring (bicyclic) bond motifs is 1.